The van der Waals surface area contributed by atoms with Gasteiger partial charge in [-0.3, -0.25) is 9.20 Å². The molecule has 26 heavy (non-hydrogen) atoms. The molecule has 132 valence electrons. The summed E-state index contributed by atoms with van der Waals surface area (Å²) in [5, 5.41) is 9.29. The monoisotopic (exact) mass is 376 g/mol. The maximum Gasteiger partial charge on any atom is 0.416 e. The van der Waals surface area contributed by atoms with Crippen molar-refractivity contribution in [3.8, 4) is 11.3 Å². The molecule has 0 saturated carbocycles. The maximum atomic E-state index is 12.9. The highest BCUT2D eigenvalue weighted by Crippen LogP contribution is 2.37. The lowest BCUT2D eigenvalue weighted by molar-refractivity contribution is -0.138. The molecule has 0 spiro atoms. The van der Waals surface area contributed by atoms with E-state index in [2.05, 4.69) is 4.98 Å². The number of imidazole rings is 1. The molecule has 4 aromatic rings. The minimum absolute atomic E-state index is 0.280. The third kappa shape index (κ3) is 2.72. The highest BCUT2D eigenvalue weighted by molar-refractivity contribution is 7.23. The number of hydrogen-bond donors (Lipinski definition) is 1. The van der Waals surface area contributed by atoms with Crippen molar-refractivity contribution in [1.29, 1.82) is 0 Å². The van der Waals surface area contributed by atoms with Gasteiger partial charge in [-0.25, -0.2) is 4.98 Å². The van der Waals surface area contributed by atoms with Gasteiger partial charge in [-0.15, -0.1) is 0 Å². The summed E-state index contributed by atoms with van der Waals surface area (Å²) >= 11 is 1.11. The third-order valence-electron chi connectivity index (χ3n) is 4.04. The number of aromatic nitrogens is 2. The Labute approximate surface area is 149 Å². The number of alkyl halides is 3. The van der Waals surface area contributed by atoms with Crippen LogP contribution in [-0.2, 0) is 17.4 Å². The summed E-state index contributed by atoms with van der Waals surface area (Å²) in [6, 6.07) is 12.6. The molecular formula is C18H11F3N2O2S. The lowest BCUT2D eigenvalue weighted by atomic mass is 10.1. The zero-order chi connectivity index (χ0) is 18.5. The van der Waals surface area contributed by atoms with E-state index in [9.17, 15) is 23.1 Å². The molecule has 2 aromatic heterocycles. The first-order chi connectivity index (χ1) is 12.3. The van der Waals surface area contributed by atoms with Crippen LogP contribution in [0.2, 0.25) is 0 Å². The van der Waals surface area contributed by atoms with E-state index >= 15 is 0 Å². The van der Waals surface area contributed by atoms with Crippen LogP contribution in [0.4, 0.5) is 13.2 Å². The van der Waals surface area contributed by atoms with Gasteiger partial charge in [0.25, 0.3) is 0 Å². The van der Waals surface area contributed by atoms with Gasteiger partial charge in [0, 0.05) is 5.56 Å². The van der Waals surface area contributed by atoms with Crippen molar-refractivity contribution in [2.45, 2.75) is 12.6 Å². The highest BCUT2D eigenvalue weighted by atomic mass is 32.1. The number of hydrogen-bond acceptors (Lipinski definition) is 3. The van der Waals surface area contributed by atoms with Crippen LogP contribution in [-0.4, -0.2) is 20.5 Å². The Balaban J connectivity index is 1.99. The first-order valence-corrected chi connectivity index (χ1v) is 8.44. The fourth-order valence-corrected chi connectivity index (χ4v) is 4.02. The number of rotatable bonds is 3. The van der Waals surface area contributed by atoms with Crippen molar-refractivity contribution in [2.75, 3.05) is 0 Å². The van der Waals surface area contributed by atoms with E-state index in [1.165, 1.54) is 6.07 Å². The number of thiazole rings is 1. The summed E-state index contributed by atoms with van der Waals surface area (Å²) in [5.74, 6) is -1.03. The molecule has 0 amide bonds. The molecule has 2 aromatic carbocycles. The van der Waals surface area contributed by atoms with Gasteiger partial charge in [-0.1, -0.05) is 41.7 Å². The quantitative estimate of drug-likeness (QED) is 0.555. The number of carboxylic acids is 1. The van der Waals surface area contributed by atoms with Gasteiger partial charge in [-0.05, 0) is 18.2 Å². The minimum Gasteiger partial charge on any atom is -0.481 e. The normalized spacial score (nSPS) is 12.1. The first-order valence-electron chi connectivity index (χ1n) is 7.63. The second-order valence-corrected chi connectivity index (χ2v) is 6.75. The van der Waals surface area contributed by atoms with Gasteiger partial charge in [0.15, 0.2) is 4.96 Å². The average molecular weight is 376 g/mol. The molecule has 1 N–H and O–H groups in total. The summed E-state index contributed by atoms with van der Waals surface area (Å²) in [6.45, 7) is 0. The van der Waals surface area contributed by atoms with Crippen molar-refractivity contribution < 1.29 is 23.1 Å². The van der Waals surface area contributed by atoms with Crippen LogP contribution < -0.4 is 0 Å². The van der Waals surface area contributed by atoms with Crippen LogP contribution in [0.3, 0.4) is 0 Å². The molecular weight excluding hydrogens is 365 g/mol. The Morgan fingerprint density at radius 1 is 1.15 bits per heavy atom. The highest BCUT2D eigenvalue weighted by Gasteiger charge is 2.31. The summed E-state index contributed by atoms with van der Waals surface area (Å²) in [7, 11) is 0. The van der Waals surface area contributed by atoms with E-state index in [0.29, 0.717) is 26.6 Å². The molecule has 0 atom stereocenters. The molecule has 0 unspecified atom stereocenters. The molecule has 0 radical (unpaired) electrons. The van der Waals surface area contributed by atoms with Crippen molar-refractivity contribution in [2.24, 2.45) is 0 Å². The van der Waals surface area contributed by atoms with Crippen LogP contribution in [0.5, 0.6) is 0 Å². The van der Waals surface area contributed by atoms with Gasteiger partial charge in [-0.2, -0.15) is 13.2 Å². The fourth-order valence-electron chi connectivity index (χ4n) is 2.94. The number of carboxylic acid groups (broad SMARTS) is 1. The van der Waals surface area contributed by atoms with E-state index in [-0.39, 0.29) is 6.42 Å². The van der Waals surface area contributed by atoms with Gasteiger partial charge >= 0.3 is 12.1 Å². The van der Waals surface area contributed by atoms with Crippen molar-refractivity contribution >= 4 is 32.5 Å². The molecule has 8 heteroatoms. The smallest absolute Gasteiger partial charge is 0.416 e. The van der Waals surface area contributed by atoms with Gasteiger partial charge in [0.2, 0.25) is 0 Å². The van der Waals surface area contributed by atoms with E-state index in [0.717, 1.165) is 29.0 Å². The number of carbonyl (C=O) groups is 1. The van der Waals surface area contributed by atoms with E-state index in [4.69, 9.17) is 0 Å². The zero-order valence-corrected chi connectivity index (χ0v) is 13.9. The van der Waals surface area contributed by atoms with Crippen LogP contribution in [0, 0.1) is 0 Å². The second-order valence-electron chi connectivity index (χ2n) is 5.74. The van der Waals surface area contributed by atoms with E-state index in [1.54, 1.807) is 4.40 Å². The number of nitrogens with zero attached hydrogens (tertiary/aromatic N) is 2. The molecule has 0 aliphatic rings. The molecule has 0 saturated heterocycles. The minimum atomic E-state index is -4.43. The van der Waals surface area contributed by atoms with Crippen molar-refractivity contribution in [3.63, 3.8) is 0 Å². The Bertz CT molecular complexity index is 1130. The summed E-state index contributed by atoms with van der Waals surface area (Å²) in [5.41, 5.74) is 1.52. The Morgan fingerprint density at radius 2 is 1.88 bits per heavy atom. The fraction of sp³-hybridized carbons (Fsp3) is 0.111. The summed E-state index contributed by atoms with van der Waals surface area (Å²) in [4.78, 5) is 16.3. The topological polar surface area (TPSA) is 54.6 Å². The van der Waals surface area contributed by atoms with Crippen molar-refractivity contribution in [1.82, 2.24) is 9.38 Å². The molecule has 0 fully saturated rings. The number of benzene rings is 2. The molecule has 4 nitrogen and oxygen atoms in total. The number of halogens is 3. The average Bonchev–Trinajstić information content (AvgIpc) is 3.10. The number of fused-ring (bicyclic) bond motifs is 3. The second kappa shape index (κ2) is 5.84. The van der Waals surface area contributed by atoms with Crippen molar-refractivity contribution in [3.05, 3.63) is 59.8 Å². The first kappa shape index (κ1) is 16.6. The predicted octanol–water partition coefficient (Wildman–Crippen LogP) is 4.86. The van der Waals surface area contributed by atoms with Crippen LogP contribution in [0.25, 0.3) is 26.4 Å². The van der Waals surface area contributed by atoms with Crippen LogP contribution >= 0.6 is 11.3 Å². The Morgan fingerprint density at radius 3 is 2.54 bits per heavy atom. The molecule has 0 aliphatic heterocycles. The van der Waals surface area contributed by atoms with E-state index < -0.39 is 17.7 Å². The number of aliphatic carboxylic acids is 1. The molecule has 0 aliphatic carbocycles. The standard InChI is InChI=1S/C18H11F3N2O2S/c19-18(20,21)11-6-7-12-14(8-11)26-17-22-16(10-4-2-1-3-5-10)13(23(12)17)9-15(24)25/h1-8H,9H2,(H,24,25). The van der Waals surface area contributed by atoms with Crippen LogP contribution in [0.15, 0.2) is 48.5 Å². The van der Waals surface area contributed by atoms with Gasteiger partial charge < -0.3 is 5.11 Å². The van der Waals surface area contributed by atoms with Gasteiger partial charge in [0.05, 0.1) is 33.6 Å². The Hall–Kier alpha value is -2.87. The third-order valence-corrected chi connectivity index (χ3v) is 5.04. The molecule has 4 rings (SSSR count). The largest absolute Gasteiger partial charge is 0.481 e. The lowest BCUT2D eigenvalue weighted by Gasteiger charge is -2.07. The SMILES string of the molecule is O=C(O)Cc1c(-c2ccccc2)nc2sc3cc(C(F)(F)F)ccc3n12. The van der Waals surface area contributed by atoms with Crippen LogP contribution in [0.1, 0.15) is 11.3 Å². The molecule has 2 heterocycles. The predicted molar refractivity (Wildman–Crippen MR) is 92.4 cm³/mol. The van der Waals surface area contributed by atoms with E-state index in [1.807, 2.05) is 30.3 Å². The summed E-state index contributed by atoms with van der Waals surface area (Å²) < 4.78 is 40.9. The lowest BCUT2D eigenvalue weighted by Crippen LogP contribution is -2.05. The Kier molecular flexibility index (Phi) is 3.73. The maximum absolute atomic E-state index is 12.9. The van der Waals surface area contributed by atoms with Gasteiger partial charge in [0.1, 0.15) is 0 Å². The molecule has 0 bridgehead atoms. The summed E-state index contributed by atoms with van der Waals surface area (Å²) in [6.07, 6.45) is -4.71. The zero-order valence-electron chi connectivity index (χ0n) is 13.1.